The van der Waals surface area contributed by atoms with E-state index in [2.05, 4.69) is 36.5 Å². The number of benzene rings is 1. The number of nitrogens with two attached hydrogens (primary N) is 1. The minimum absolute atomic E-state index is 0.582. The Morgan fingerprint density at radius 3 is 2.71 bits per heavy atom. The summed E-state index contributed by atoms with van der Waals surface area (Å²) in [6.45, 7) is 5.35. The van der Waals surface area contributed by atoms with Crippen molar-refractivity contribution in [1.82, 2.24) is 5.32 Å². The molecule has 1 saturated heterocycles. The van der Waals surface area contributed by atoms with Gasteiger partial charge in [0, 0.05) is 6.54 Å². The van der Waals surface area contributed by atoms with Crippen LogP contribution in [0.3, 0.4) is 0 Å². The molecular weight excluding hydrogens is 208 g/mol. The molecule has 0 aliphatic carbocycles. The van der Waals surface area contributed by atoms with Gasteiger partial charge in [-0.3, -0.25) is 0 Å². The van der Waals surface area contributed by atoms with E-state index in [1.165, 1.54) is 30.5 Å². The SMILES string of the molecule is CC(CCN)c1ccc(C2CCCNC2)cc1. The molecule has 1 aliphatic rings. The van der Waals surface area contributed by atoms with Gasteiger partial charge >= 0.3 is 0 Å². The van der Waals surface area contributed by atoms with Crippen molar-refractivity contribution >= 4 is 0 Å². The molecule has 94 valence electrons. The lowest BCUT2D eigenvalue weighted by Crippen LogP contribution is -2.28. The molecule has 1 aromatic rings. The monoisotopic (exact) mass is 232 g/mol. The lowest BCUT2D eigenvalue weighted by Gasteiger charge is -2.23. The third-order valence-corrected chi connectivity index (χ3v) is 3.87. The van der Waals surface area contributed by atoms with E-state index in [-0.39, 0.29) is 0 Å². The summed E-state index contributed by atoms with van der Waals surface area (Å²) in [6.07, 6.45) is 3.70. The highest BCUT2D eigenvalue weighted by Gasteiger charge is 2.15. The summed E-state index contributed by atoms with van der Waals surface area (Å²) in [6, 6.07) is 9.18. The summed E-state index contributed by atoms with van der Waals surface area (Å²) < 4.78 is 0. The summed E-state index contributed by atoms with van der Waals surface area (Å²) in [5.41, 5.74) is 8.51. The minimum Gasteiger partial charge on any atom is -0.330 e. The molecule has 1 aliphatic heterocycles. The molecule has 1 fully saturated rings. The van der Waals surface area contributed by atoms with Crippen molar-refractivity contribution in [2.75, 3.05) is 19.6 Å². The van der Waals surface area contributed by atoms with Crippen LogP contribution in [0.5, 0.6) is 0 Å². The first-order valence-electron chi connectivity index (χ1n) is 6.82. The normalized spacial score (nSPS) is 22.4. The van der Waals surface area contributed by atoms with E-state index in [0.29, 0.717) is 11.8 Å². The molecule has 2 nitrogen and oxygen atoms in total. The second-order valence-electron chi connectivity index (χ2n) is 5.19. The van der Waals surface area contributed by atoms with Crippen LogP contribution in [0.15, 0.2) is 24.3 Å². The van der Waals surface area contributed by atoms with Crippen molar-refractivity contribution in [2.45, 2.75) is 38.0 Å². The number of piperidine rings is 1. The predicted octanol–water partition coefficient (Wildman–Crippen LogP) is 2.61. The zero-order valence-corrected chi connectivity index (χ0v) is 10.8. The molecule has 17 heavy (non-hydrogen) atoms. The molecular formula is C15H24N2. The number of nitrogens with one attached hydrogen (secondary N) is 1. The van der Waals surface area contributed by atoms with Crippen LogP contribution in [0, 0.1) is 0 Å². The van der Waals surface area contributed by atoms with Crippen LogP contribution in [-0.2, 0) is 0 Å². The Balaban J connectivity index is 2.01. The van der Waals surface area contributed by atoms with Gasteiger partial charge in [-0.2, -0.15) is 0 Å². The third-order valence-electron chi connectivity index (χ3n) is 3.87. The first-order chi connectivity index (χ1) is 8.31. The van der Waals surface area contributed by atoms with E-state index in [0.717, 1.165) is 19.5 Å². The highest BCUT2D eigenvalue weighted by Crippen LogP contribution is 2.25. The second-order valence-corrected chi connectivity index (χ2v) is 5.19. The Bertz CT molecular complexity index is 325. The second kappa shape index (κ2) is 6.18. The lowest BCUT2D eigenvalue weighted by atomic mass is 9.89. The zero-order valence-electron chi connectivity index (χ0n) is 10.8. The molecule has 2 unspecified atom stereocenters. The van der Waals surface area contributed by atoms with Gasteiger partial charge in [0.15, 0.2) is 0 Å². The van der Waals surface area contributed by atoms with Crippen LogP contribution < -0.4 is 11.1 Å². The molecule has 2 atom stereocenters. The number of rotatable bonds is 4. The van der Waals surface area contributed by atoms with Crippen molar-refractivity contribution in [3.8, 4) is 0 Å². The summed E-state index contributed by atoms with van der Waals surface area (Å²) in [5.74, 6) is 1.29. The first-order valence-corrected chi connectivity index (χ1v) is 6.82. The van der Waals surface area contributed by atoms with Gasteiger partial charge in [-0.15, -0.1) is 0 Å². The molecule has 3 N–H and O–H groups in total. The number of hydrogen-bond acceptors (Lipinski definition) is 2. The van der Waals surface area contributed by atoms with Crippen LogP contribution in [0.2, 0.25) is 0 Å². The third kappa shape index (κ3) is 3.30. The predicted molar refractivity (Wildman–Crippen MR) is 73.4 cm³/mol. The van der Waals surface area contributed by atoms with E-state index in [1.54, 1.807) is 0 Å². The Morgan fingerprint density at radius 2 is 2.12 bits per heavy atom. The first kappa shape index (κ1) is 12.6. The maximum absolute atomic E-state index is 5.61. The van der Waals surface area contributed by atoms with Crippen molar-refractivity contribution < 1.29 is 0 Å². The molecule has 2 rings (SSSR count). The van der Waals surface area contributed by atoms with Crippen LogP contribution in [-0.4, -0.2) is 19.6 Å². The van der Waals surface area contributed by atoms with Crippen LogP contribution >= 0.6 is 0 Å². The standard InChI is InChI=1S/C15H24N2/c1-12(8-9-16)13-4-6-14(7-5-13)15-3-2-10-17-11-15/h4-7,12,15,17H,2-3,8-11,16H2,1H3. The van der Waals surface area contributed by atoms with E-state index in [9.17, 15) is 0 Å². The van der Waals surface area contributed by atoms with Crippen LogP contribution in [0.4, 0.5) is 0 Å². The van der Waals surface area contributed by atoms with E-state index in [1.807, 2.05) is 0 Å². The minimum atomic E-state index is 0.582. The fourth-order valence-corrected chi connectivity index (χ4v) is 2.65. The molecule has 1 heterocycles. The van der Waals surface area contributed by atoms with Gasteiger partial charge in [-0.1, -0.05) is 31.2 Å². The highest BCUT2D eigenvalue weighted by atomic mass is 14.9. The van der Waals surface area contributed by atoms with Gasteiger partial charge in [-0.25, -0.2) is 0 Å². The van der Waals surface area contributed by atoms with Gasteiger partial charge in [0.2, 0.25) is 0 Å². The quantitative estimate of drug-likeness (QED) is 0.837. The topological polar surface area (TPSA) is 38.0 Å². The smallest absolute Gasteiger partial charge is 0.00201 e. The molecule has 0 saturated carbocycles. The van der Waals surface area contributed by atoms with Gasteiger partial charge in [-0.05, 0) is 55.3 Å². The van der Waals surface area contributed by atoms with Gasteiger partial charge in [0.1, 0.15) is 0 Å². The summed E-state index contributed by atoms with van der Waals surface area (Å²) in [4.78, 5) is 0. The van der Waals surface area contributed by atoms with Crippen LogP contribution in [0.1, 0.15) is 49.1 Å². The van der Waals surface area contributed by atoms with Crippen molar-refractivity contribution in [1.29, 1.82) is 0 Å². The molecule has 0 radical (unpaired) electrons. The van der Waals surface area contributed by atoms with Crippen LogP contribution in [0.25, 0.3) is 0 Å². The van der Waals surface area contributed by atoms with Gasteiger partial charge in [0.25, 0.3) is 0 Å². The lowest BCUT2D eigenvalue weighted by molar-refractivity contribution is 0.461. The molecule has 2 heteroatoms. The maximum atomic E-state index is 5.61. The van der Waals surface area contributed by atoms with Crippen molar-refractivity contribution in [3.05, 3.63) is 35.4 Å². The molecule has 1 aromatic carbocycles. The number of hydrogen-bond donors (Lipinski definition) is 2. The maximum Gasteiger partial charge on any atom is 0.00201 e. The summed E-state index contributed by atoms with van der Waals surface area (Å²) >= 11 is 0. The molecule has 0 amide bonds. The average molecular weight is 232 g/mol. The highest BCUT2D eigenvalue weighted by molar-refractivity contribution is 5.28. The van der Waals surface area contributed by atoms with E-state index < -0.39 is 0 Å². The fraction of sp³-hybridized carbons (Fsp3) is 0.600. The van der Waals surface area contributed by atoms with Crippen molar-refractivity contribution in [2.24, 2.45) is 5.73 Å². The largest absolute Gasteiger partial charge is 0.330 e. The summed E-state index contributed by atoms with van der Waals surface area (Å²) in [7, 11) is 0. The van der Waals surface area contributed by atoms with E-state index >= 15 is 0 Å². The van der Waals surface area contributed by atoms with Gasteiger partial charge in [0.05, 0.1) is 0 Å². The molecule has 0 aromatic heterocycles. The Morgan fingerprint density at radius 1 is 1.35 bits per heavy atom. The molecule has 0 bridgehead atoms. The average Bonchev–Trinajstić information content (AvgIpc) is 2.40. The van der Waals surface area contributed by atoms with Gasteiger partial charge < -0.3 is 11.1 Å². The fourth-order valence-electron chi connectivity index (χ4n) is 2.65. The zero-order chi connectivity index (χ0) is 12.1. The Kier molecular flexibility index (Phi) is 4.57. The van der Waals surface area contributed by atoms with Crippen molar-refractivity contribution in [3.63, 3.8) is 0 Å². The summed E-state index contributed by atoms with van der Waals surface area (Å²) in [5, 5.41) is 3.47. The Hall–Kier alpha value is -0.860. The molecule has 0 spiro atoms. The van der Waals surface area contributed by atoms with E-state index in [4.69, 9.17) is 5.73 Å². The Labute approximate surface area is 105 Å².